The predicted molar refractivity (Wildman–Crippen MR) is 78.1 cm³/mol. The quantitative estimate of drug-likeness (QED) is 0.925. The fraction of sp³-hybridized carbons (Fsp3) is 0.267. The number of carboxylic acids is 1. The summed E-state index contributed by atoms with van der Waals surface area (Å²) in [4.78, 5) is 22.0. The average molecular weight is 271 g/mol. The van der Waals surface area contributed by atoms with Crippen LogP contribution in [0.2, 0.25) is 0 Å². The third kappa shape index (κ3) is 2.77. The second kappa shape index (κ2) is 5.69. The maximum Gasteiger partial charge on any atom is 0.336 e. The molecule has 0 fully saturated rings. The number of aromatic carboxylic acids is 1. The molecule has 0 bridgehead atoms. The Morgan fingerprint density at radius 1 is 1.25 bits per heavy atom. The highest BCUT2D eigenvalue weighted by Gasteiger charge is 2.14. The highest BCUT2D eigenvalue weighted by atomic mass is 16.4. The van der Waals surface area contributed by atoms with E-state index >= 15 is 0 Å². The van der Waals surface area contributed by atoms with Gasteiger partial charge in [0, 0.05) is 25.4 Å². The number of anilines is 1. The van der Waals surface area contributed by atoms with Crippen LogP contribution in [0.3, 0.4) is 0 Å². The molecule has 0 atom stereocenters. The fourth-order valence-electron chi connectivity index (χ4n) is 1.90. The minimum Gasteiger partial charge on any atom is -0.478 e. The molecule has 1 aromatic carbocycles. The zero-order valence-electron chi connectivity index (χ0n) is 11.8. The first-order valence-corrected chi connectivity index (χ1v) is 6.41. The van der Waals surface area contributed by atoms with Crippen LogP contribution < -0.4 is 4.90 Å². The number of rotatable bonds is 4. The molecular weight excluding hydrogens is 254 g/mol. The van der Waals surface area contributed by atoms with Crippen molar-refractivity contribution in [1.82, 2.24) is 9.97 Å². The summed E-state index contributed by atoms with van der Waals surface area (Å²) in [6, 6.07) is 8.72. The van der Waals surface area contributed by atoms with Gasteiger partial charge < -0.3 is 10.0 Å². The van der Waals surface area contributed by atoms with Gasteiger partial charge in [0.05, 0.1) is 11.3 Å². The Balaban J connectivity index is 2.63. The maximum atomic E-state index is 11.3. The molecule has 5 heteroatoms. The van der Waals surface area contributed by atoms with Gasteiger partial charge >= 0.3 is 5.97 Å². The Morgan fingerprint density at radius 2 is 1.95 bits per heavy atom. The Hall–Kier alpha value is -2.43. The summed E-state index contributed by atoms with van der Waals surface area (Å²) in [5, 5.41) is 9.28. The molecule has 0 saturated heterocycles. The van der Waals surface area contributed by atoms with Gasteiger partial charge in [-0.3, -0.25) is 0 Å². The van der Waals surface area contributed by atoms with E-state index in [-0.39, 0.29) is 5.56 Å². The van der Waals surface area contributed by atoms with Crippen molar-refractivity contribution in [3.8, 4) is 11.3 Å². The number of hydrogen-bond donors (Lipinski definition) is 1. The van der Waals surface area contributed by atoms with Gasteiger partial charge in [0.15, 0.2) is 0 Å². The molecule has 2 rings (SSSR count). The van der Waals surface area contributed by atoms with E-state index in [1.807, 2.05) is 38.1 Å². The third-order valence-corrected chi connectivity index (χ3v) is 2.96. The van der Waals surface area contributed by atoms with Gasteiger partial charge in [-0.25, -0.2) is 14.8 Å². The van der Waals surface area contributed by atoms with Crippen LogP contribution in [0.1, 0.15) is 23.0 Å². The standard InChI is InChI=1S/C15H17N3O2/c1-4-10-9-13(17-15(16-10)18(2)3)11-7-5-6-8-12(11)14(19)20/h5-9H,4H2,1-3H3,(H,19,20). The summed E-state index contributed by atoms with van der Waals surface area (Å²) in [6.45, 7) is 2.01. The molecule has 104 valence electrons. The van der Waals surface area contributed by atoms with Crippen molar-refractivity contribution < 1.29 is 9.90 Å². The molecule has 1 N–H and O–H groups in total. The van der Waals surface area contributed by atoms with Gasteiger partial charge in [-0.1, -0.05) is 25.1 Å². The van der Waals surface area contributed by atoms with Crippen molar-refractivity contribution in [3.63, 3.8) is 0 Å². The number of aromatic nitrogens is 2. The van der Waals surface area contributed by atoms with Crippen LogP contribution >= 0.6 is 0 Å². The van der Waals surface area contributed by atoms with Crippen LogP contribution in [0.4, 0.5) is 5.95 Å². The molecule has 0 aliphatic rings. The van der Waals surface area contributed by atoms with Gasteiger partial charge in [0.2, 0.25) is 5.95 Å². The molecule has 2 aromatic rings. The van der Waals surface area contributed by atoms with Crippen molar-refractivity contribution in [2.75, 3.05) is 19.0 Å². The summed E-state index contributed by atoms with van der Waals surface area (Å²) in [5.41, 5.74) is 2.38. The number of carbonyl (C=O) groups is 1. The maximum absolute atomic E-state index is 11.3. The van der Waals surface area contributed by atoms with E-state index in [1.54, 1.807) is 18.2 Å². The zero-order chi connectivity index (χ0) is 14.7. The Labute approximate surface area is 117 Å². The van der Waals surface area contributed by atoms with Crippen LogP contribution in [-0.4, -0.2) is 35.1 Å². The van der Waals surface area contributed by atoms with E-state index < -0.39 is 5.97 Å². The second-order valence-corrected chi connectivity index (χ2v) is 4.64. The summed E-state index contributed by atoms with van der Waals surface area (Å²) in [7, 11) is 3.73. The normalized spacial score (nSPS) is 10.3. The van der Waals surface area contributed by atoms with Crippen molar-refractivity contribution in [1.29, 1.82) is 0 Å². The van der Waals surface area contributed by atoms with E-state index in [0.717, 1.165) is 12.1 Å². The van der Waals surface area contributed by atoms with E-state index in [1.165, 1.54) is 0 Å². The van der Waals surface area contributed by atoms with E-state index in [4.69, 9.17) is 0 Å². The molecular formula is C15H17N3O2. The predicted octanol–water partition coefficient (Wildman–Crippen LogP) is 2.47. The van der Waals surface area contributed by atoms with Crippen molar-refractivity contribution in [2.45, 2.75) is 13.3 Å². The summed E-state index contributed by atoms with van der Waals surface area (Å²) in [5.74, 6) is -0.372. The molecule has 0 spiro atoms. The molecule has 0 aliphatic carbocycles. The topological polar surface area (TPSA) is 66.3 Å². The smallest absolute Gasteiger partial charge is 0.336 e. The second-order valence-electron chi connectivity index (χ2n) is 4.64. The number of aryl methyl sites for hydroxylation is 1. The number of benzene rings is 1. The first-order chi connectivity index (χ1) is 9.52. The van der Waals surface area contributed by atoms with E-state index in [0.29, 0.717) is 17.2 Å². The molecule has 0 radical (unpaired) electrons. The van der Waals surface area contributed by atoms with Gasteiger partial charge in [0.1, 0.15) is 0 Å². The molecule has 1 heterocycles. The largest absolute Gasteiger partial charge is 0.478 e. The van der Waals surface area contributed by atoms with E-state index in [9.17, 15) is 9.90 Å². The summed E-state index contributed by atoms with van der Waals surface area (Å²) in [6.07, 6.45) is 0.769. The molecule has 0 saturated carbocycles. The van der Waals surface area contributed by atoms with Crippen LogP contribution in [0.5, 0.6) is 0 Å². The first kappa shape index (κ1) is 14.0. The summed E-state index contributed by atoms with van der Waals surface area (Å²) < 4.78 is 0. The lowest BCUT2D eigenvalue weighted by atomic mass is 10.0. The minimum atomic E-state index is -0.955. The average Bonchev–Trinajstić information content (AvgIpc) is 2.46. The van der Waals surface area contributed by atoms with Gasteiger partial charge in [0.25, 0.3) is 0 Å². The molecule has 0 unspecified atom stereocenters. The van der Waals surface area contributed by atoms with Crippen molar-refractivity contribution in [2.24, 2.45) is 0 Å². The van der Waals surface area contributed by atoms with Gasteiger partial charge in [-0.15, -0.1) is 0 Å². The highest BCUT2D eigenvalue weighted by Crippen LogP contribution is 2.24. The Kier molecular flexibility index (Phi) is 3.98. The molecule has 5 nitrogen and oxygen atoms in total. The van der Waals surface area contributed by atoms with E-state index in [2.05, 4.69) is 9.97 Å². The van der Waals surface area contributed by atoms with Crippen molar-refractivity contribution >= 4 is 11.9 Å². The molecule has 1 aromatic heterocycles. The lowest BCUT2D eigenvalue weighted by Crippen LogP contribution is -2.14. The fourth-order valence-corrected chi connectivity index (χ4v) is 1.90. The molecule has 0 aliphatic heterocycles. The zero-order valence-corrected chi connectivity index (χ0v) is 11.8. The number of hydrogen-bond acceptors (Lipinski definition) is 4. The highest BCUT2D eigenvalue weighted by molar-refractivity contribution is 5.95. The Morgan fingerprint density at radius 3 is 2.55 bits per heavy atom. The number of nitrogens with zero attached hydrogens (tertiary/aromatic N) is 3. The van der Waals surface area contributed by atoms with Crippen LogP contribution in [0.15, 0.2) is 30.3 Å². The SMILES string of the molecule is CCc1cc(-c2ccccc2C(=O)O)nc(N(C)C)n1. The number of carboxylic acid groups (broad SMARTS) is 1. The van der Waals surface area contributed by atoms with Gasteiger partial charge in [-0.2, -0.15) is 0 Å². The molecule has 0 amide bonds. The minimum absolute atomic E-state index is 0.248. The van der Waals surface area contributed by atoms with Crippen LogP contribution in [0.25, 0.3) is 11.3 Å². The van der Waals surface area contributed by atoms with Gasteiger partial charge in [-0.05, 0) is 18.6 Å². The lowest BCUT2D eigenvalue weighted by Gasteiger charge is -2.14. The Bertz CT molecular complexity index is 639. The lowest BCUT2D eigenvalue weighted by molar-refractivity contribution is 0.0697. The monoisotopic (exact) mass is 271 g/mol. The molecule has 20 heavy (non-hydrogen) atoms. The van der Waals surface area contributed by atoms with Crippen LogP contribution in [0, 0.1) is 0 Å². The third-order valence-electron chi connectivity index (χ3n) is 2.96. The van der Waals surface area contributed by atoms with Crippen molar-refractivity contribution in [3.05, 3.63) is 41.6 Å². The first-order valence-electron chi connectivity index (χ1n) is 6.41. The van der Waals surface area contributed by atoms with Crippen LogP contribution in [-0.2, 0) is 6.42 Å². The summed E-state index contributed by atoms with van der Waals surface area (Å²) >= 11 is 0.